The normalized spacial score (nSPS) is 27.6. The standard InChI is InChI=1S/C12H22N2O2/c1-5-8(4)10-12(16)13-9(6-7(2)3)11(15)14-10/h7-10H,5-6H2,1-4H3,(H,13,16)(H,14,15)/t8?,9-,10-/m0/s1. The lowest BCUT2D eigenvalue weighted by atomic mass is 9.93. The van der Waals surface area contributed by atoms with Gasteiger partial charge in [0.05, 0.1) is 0 Å². The molecule has 0 aromatic heterocycles. The molecule has 0 spiro atoms. The molecule has 1 aliphatic heterocycles. The summed E-state index contributed by atoms with van der Waals surface area (Å²) in [6.07, 6.45) is 1.58. The van der Waals surface area contributed by atoms with E-state index in [2.05, 4.69) is 10.6 Å². The van der Waals surface area contributed by atoms with Gasteiger partial charge in [0.15, 0.2) is 0 Å². The molecule has 4 nitrogen and oxygen atoms in total. The Morgan fingerprint density at radius 1 is 1.12 bits per heavy atom. The summed E-state index contributed by atoms with van der Waals surface area (Å²) in [6, 6.07) is -0.714. The third kappa shape index (κ3) is 2.97. The predicted octanol–water partition coefficient (Wildman–Crippen LogP) is 1.06. The maximum absolute atomic E-state index is 11.8. The molecule has 4 heteroatoms. The highest BCUT2D eigenvalue weighted by atomic mass is 16.2. The fraction of sp³-hybridized carbons (Fsp3) is 0.833. The van der Waals surface area contributed by atoms with Crippen LogP contribution in [0.5, 0.6) is 0 Å². The second-order valence-electron chi connectivity index (χ2n) is 5.06. The minimum absolute atomic E-state index is 0.0420. The van der Waals surface area contributed by atoms with E-state index in [1.165, 1.54) is 0 Å². The minimum atomic E-state index is -0.360. The molecule has 1 unspecified atom stereocenters. The van der Waals surface area contributed by atoms with Crippen molar-refractivity contribution in [3.63, 3.8) is 0 Å². The Bertz CT molecular complexity index is 276. The first-order valence-electron chi connectivity index (χ1n) is 6.06. The molecule has 0 aromatic carbocycles. The number of piperazine rings is 1. The molecule has 2 amide bonds. The maximum Gasteiger partial charge on any atom is 0.243 e. The molecule has 1 saturated heterocycles. The monoisotopic (exact) mass is 226 g/mol. The molecule has 3 atom stereocenters. The fourth-order valence-corrected chi connectivity index (χ4v) is 1.92. The van der Waals surface area contributed by atoms with Crippen LogP contribution in [0.25, 0.3) is 0 Å². The quantitative estimate of drug-likeness (QED) is 0.753. The molecule has 92 valence electrons. The van der Waals surface area contributed by atoms with Crippen LogP contribution in [0.3, 0.4) is 0 Å². The third-order valence-electron chi connectivity index (χ3n) is 3.13. The number of hydrogen-bond donors (Lipinski definition) is 2. The first-order valence-corrected chi connectivity index (χ1v) is 6.06. The van der Waals surface area contributed by atoms with Crippen molar-refractivity contribution in [2.45, 2.75) is 52.6 Å². The largest absolute Gasteiger partial charge is 0.343 e. The summed E-state index contributed by atoms with van der Waals surface area (Å²) in [5.74, 6) is 0.498. The van der Waals surface area contributed by atoms with E-state index in [0.29, 0.717) is 12.3 Å². The van der Waals surface area contributed by atoms with Gasteiger partial charge in [-0.1, -0.05) is 34.1 Å². The van der Waals surface area contributed by atoms with Crippen molar-refractivity contribution in [3.8, 4) is 0 Å². The van der Waals surface area contributed by atoms with Crippen LogP contribution in [0.15, 0.2) is 0 Å². The van der Waals surface area contributed by atoms with Gasteiger partial charge in [-0.05, 0) is 18.3 Å². The van der Waals surface area contributed by atoms with Gasteiger partial charge < -0.3 is 10.6 Å². The van der Waals surface area contributed by atoms with Crippen LogP contribution in [0, 0.1) is 11.8 Å². The number of amides is 2. The van der Waals surface area contributed by atoms with Crippen molar-refractivity contribution >= 4 is 11.8 Å². The Balaban J connectivity index is 2.63. The summed E-state index contributed by atoms with van der Waals surface area (Å²) in [6.45, 7) is 8.08. The van der Waals surface area contributed by atoms with E-state index in [9.17, 15) is 9.59 Å². The van der Waals surface area contributed by atoms with Gasteiger partial charge >= 0.3 is 0 Å². The predicted molar refractivity (Wildman–Crippen MR) is 62.8 cm³/mol. The minimum Gasteiger partial charge on any atom is -0.343 e. The average molecular weight is 226 g/mol. The summed E-state index contributed by atoms with van der Waals surface area (Å²) in [4.78, 5) is 23.6. The molecule has 1 fully saturated rings. The van der Waals surface area contributed by atoms with Crippen LogP contribution in [0.1, 0.15) is 40.5 Å². The molecule has 0 saturated carbocycles. The first-order chi connectivity index (χ1) is 7.45. The van der Waals surface area contributed by atoms with E-state index in [-0.39, 0.29) is 29.8 Å². The zero-order chi connectivity index (χ0) is 12.3. The van der Waals surface area contributed by atoms with E-state index >= 15 is 0 Å². The molecular formula is C12H22N2O2. The van der Waals surface area contributed by atoms with Crippen molar-refractivity contribution in [3.05, 3.63) is 0 Å². The Morgan fingerprint density at radius 2 is 1.75 bits per heavy atom. The van der Waals surface area contributed by atoms with Crippen LogP contribution in [0.4, 0.5) is 0 Å². The highest BCUT2D eigenvalue weighted by molar-refractivity contribution is 5.97. The Labute approximate surface area is 97.2 Å². The molecule has 0 aliphatic carbocycles. The van der Waals surface area contributed by atoms with Crippen LogP contribution < -0.4 is 10.6 Å². The van der Waals surface area contributed by atoms with E-state index in [4.69, 9.17) is 0 Å². The zero-order valence-electron chi connectivity index (χ0n) is 10.5. The zero-order valence-corrected chi connectivity index (χ0v) is 10.5. The van der Waals surface area contributed by atoms with Crippen molar-refractivity contribution in [1.82, 2.24) is 10.6 Å². The van der Waals surface area contributed by atoms with E-state index in [1.54, 1.807) is 0 Å². The van der Waals surface area contributed by atoms with Crippen LogP contribution in [-0.2, 0) is 9.59 Å². The van der Waals surface area contributed by atoms with Crippen LogP contribution >= 0.6 is 0 Å². The molecule has 1 aliphatic rings. The molecule has 2 N–H and O–H groups in total. The summed E-state index contributed by atoms with van der Waals surface area (Å²) in [5.41, 5.74) is 0. The first kappa shape index (κ1) is 13.0. The summed E-state index contributed by atoms with van der Waals surface area (Å²) < 4.78 is 0. The Kier molecular flexibility index (Phi) is 4.33. The third-order valence-corrected chi connectivity index (χ3v) is 3.13. The van der Waals surface area contributed by atoms with Gasteiger partial charge in [0, 0.05) is 0 Å². The molecule has 0 radical (unpaired) electrons. The van der Waals surface area contributed by atoms with Gasteiger partial charge in [-0.25, -0.2) is 0 Å². The summed E-state index contributed by atoms with van der Waals surface area (Å²) in [5, 5.41) is 5.63. The van der Waals surface area contributed by atoms with E-state index < -0.39 is 0 Å². The van der Waals surface area contributed by atoms with Crippen LogP contribution in [-0.4, -0.2) is 23.9 Å². The van der Waals surface area contributed by atoms with E-state index in [0.717, 1.165) is 6.42 Å². The lowest BCUT2D eigenvalue weighted by Crippen LogP contribution is -2.63. The van der Waals surface area contributed by atoms with Gasteiger partial charge in [0.1, 0.15) is 12.1 Å². The number of rotatable bonds is 4. The molecular weight excluding hydrogens is 204 g/mol. The molecule has 16 heavy (non-hydrogen) atoms. The maximum atomic E-state index is 11.8. The number of carbonyl (C=O) groups excluding carboxylic acids is 2. The van der Waals surface area contributed by atoms with Crippen molar-refractivity contribution < 1.29 is 9.59 Å². The number of carbonyl (C=O) groups is 2. The SMILES string of the molecule is CCC(C)[C@@H]1NC(=O)[C@H](CC(C)C)NC1=O. The van der Waals surface area contributed by atoms with Gasteiger partial charge in [0.25, 0.3) is 0 Å². The molecule has 1 rings (SSSR count). The Morgan fingerprint density at radius 3 is 2.25 bits per heavy atom. The highest BCUT2D eigenvalue weighted by Crippen LogP contribution is 2.14. The topological polar surface area (TPSA) is 58.2 Å². The summed E-state index contributed by atoms with van der Waals surface area (Å²) in [7, 11) is 0. The van der Waals surface area contributed by atoms with Crippen LogP contribution in [0.2, 0.25) is 0 Å². The summed E-state index contributed by atoms with van der Waals surface area (Å²) >= 11 is 0. The lowest BCUT2D eigenvalue weighted by Gasteiger charge is -2.33. The average Bonchev–Trinajstić information content (AvgIpc) is 2.21. The highest BCUT2D eigenvalue weighted by Gasteiger charge is 2.35. The molecule has 0 aromatic rings. The lowest BCUT2D eigenvalue weighted by molar-refractivity contribution is -0.138. The van der Waals surface area contributed by atoms with Crippen molar-refractivity contribution in [2.24, 2.45) is 11.8 Å². The smallest absolute Gasteiger partial charge is 0.243 e. The van der Waals surface area contributed by atoms with E-state index in [1.807, 2.05) is 27.7 Å². The van der Waals surface area contributed by atoms with Gasteiger partial charge in [-0.15, -0.1) is 0 Å². The Hall–Kier alpha value is -1.06. The van der Waals surface area contributed by atoms with Gasteiger partial charge in [0.2, 0.25) is 11.8 Å². The second kappa shape index (κ2) is 5.32. The fourth-order valence-electron chi connectivity index (χ4n) is 1.92. The molecule has 0 bridgehead atoms. The number of hydrogen-bond acceptors (Lipinski definition) is 2. The van der Waals surface area contributed by atoms with Crippen molar-refractivity contribution in [2.75, 3.05) is 0 Å². The van der Waals surface area contributed by atoms with Crippen molar-refractivity contribution in [1.29, 1.82) is 0 Å². The second-order valence-corrected chi connectivity index (χ2v) is 5.06. The van der Waals surface area contributed by atoms with Gasteiger partial charge in [-0.3, -0.25) is 9.59 Å². The van der Waals surface area contributed by atoms with Gasteiger partial charge in [-0.2, -0.15) is 0 Å². The molecule has 1 heterocycles. The number of nitrogens with one attached hydrogen (secondary N) is 2.